The number of nitrogens with one attached hydrogen (secondary N) is 1. The van der Waals surface area contributed by atoms with E-state index in [0.717, 1.165) is 5.56 Å². The van der Waals surface area contributed by atoms with Gasteiger partial charge < -0.3 is 5.32 Å². The number of amides is 1. The Morgan fingerprint density at radius 3 is 2.11 bits per heavy atom. The molecule has 0 fully saturated rings. The van der Waals surface area contributed by atoms with Gasteiger partial charge in [0.1, 0.15) is 5.78 Å². The SMILES string of the molecule is CC(=O)CC(=O)NC(C)c1ccc(C(C)(C)C)cc1. The summed E-state index contributed by atoms with van der Waals surface area (Å²) in [5, 5.41) is 2.83. The first-order chi connectivity index (χ1) is 8.70. The standard InChI is InChI=1S/C16H23NO2/c1-11(18)10-15(19)17-12(2)13-6-8-14(9-7-13)16(3,4)5/h6-9,12H,10H2,1-5H3,(H,17,19). The molecule has 0 saturated carbocycles. The summed E-state index contributed by atoms with van der Waals surface area (Å²) in [5.41, 5.74) is 2.43. The lowest BCUT2D eigenvalue weighted by atomic mass is 9.86. The van der Waals surface area contributed by atoms with Crippen molar-refractivity contribution in [2.45, 2.75) is 52.5 Å². The molecule has 0 spiro atoms. The Hall–Kier alpha value is -1.64. The van der Waals surface area contributed by atoms with Gasteiger partial charge in [0.2, 0.25) is 5.91 Å². The summed E-state index contributed by atoms with van der Waals surface area (Å²) >= 11 is 0. The Morgan fingerprint density at radius 1 is 1.16 bits per heavy atom. The van der Waals surface area contributed by atoms with E-state index in [4.69, 9.17) is 0 Å². The summed E-state index contributed by atoms with van der Waals surface area (Å²) in [5.74, 6) is -0.340. The van der Waals surface area contributed by atoms with Crippen LogP contribution in [0.4, 0.5) is 0 Å². The highest BCUT2D eigenvalue weighted by Crippen LogP contribution is 2.23. The van der Waals surface area contributed by atoms with E-state index in [1.54, 1.807) is 0 Å². The second-order valence-corrected chi connectivity index (χ2v) is 6.04. The quantitative estimate of drug-likeness (QED) is 0.846. The van der Waals surface area contributed by atoms with Crippen molar-refractivity contribution in [3.63, 3.8) is 0 Å². The van der Waals surface area contributed by atoms with Crippen molar-refractivity contribution in [2.24, 2.45) is 0 Å². The average molecular weight is 261 g/mol. The summed E-state index contributed by atoms with van der Waals surface area (Å²) in [7, 11) is 0. The van der Waals surface area contributed by atoms with Crippen LogP contribution in [0.3, 0.4) is 0 Å². The molecule has 0 saturated heterocycles. The van der Waals surface area contributed by atoms with E-state index in [2.05, 4.69) is 38.2 Å². The maximum atomic E-state index is 11.5. The van der Waals surface area contributed by atoms with E-state index in [9.17, 15) is 9.59 Å². The number of hydrogen-bond donors (Lipinski definition) is 1. The molecule has 0 heterocycles. The van der Waals surface area contributed by atoms with Gasteiger partial charge in [-0.1, -0.05) is 45.0 Å². The normalized spacial score (nSPS) is 12.9. The van der Waals surface area contributed by atoms with Crippen LogP contribution in [0.15, 0.2) is 24.3 Å². The highest BCUT2D eigenvalue weighted by atomic mass is 16.2. The zero-order chi connectivity index (χ0) is 14.6. The van der Waals surface area contributed by atoms with Crippen molar-refractivity contribution >= 4 is 11.7 Å². The van der Waals surface area contributed by atoms with E-state index in [0.29, 0.717) is 0 Å². The number of rotatable bonds is 4. The number of benzene rings is 1. The van der Waals surface area contributed by atoms with E-state index in [1.165, 1.54) is 12.5 Å². The molecule has 0 bridgehead atoms. The zero-order valence-electron chi connectivity index (χ0n) is 12.4. The van der Waals surface area contributed by atoms with Crippen LogP contribution in [-0.2, 0) is 15.0 Å². The molecule has 3 nitrogen and oxygen atoms in total. The van der Waals surface area contributed by atoms with E-state index in [1.807, 2.05) is 19.1 Å². The molecule has 1 amide bonds. The summed E-state index contributed by atoms with van der Waals surface area (Å²) in [6.45, 7) is 9.84. The molecule has 0 aliphatic rings. The van der Waals surface area contributed by atoms with Crippen LogP contribution in [0.5, 0.6) is 0 Å². The van der Waals surface area contributed by atoms with Gasteiger partial charge in [-0.05, 0) is 30.4 Å². The van der Waals surface area contributed by atoms with Crippen molar-refractivity contribution in [1.82, 2.24) is 5.32 Å². The molecule has 0 radical (unpaired) electrons. The first-order valence-corrected chi connectivity index (χ1v) is 6.59. The van der Waals surface area contributed by atoms with Gasteiger partial charge in [0.25, 0.3) is 0 Å². The maximum Gasteiger partial charge on any atom is 0.227 e. The molecular formula is C16H23NO2. The van der Waals surface area contributed by atoms with Gasteiger partial charge in [-0.25, -0.2) is 0 Å². The van der Waals surface area contributed by atoms with Crippen molar-refractivity contribution in [3.05, 3.63) is 35.4 Å². The number of ketones is 1. The molecule has 1 unspecified atom stereocenters. The highest BCUT2D eigenvalue weighted by Gasteiger charge is 2.15. The Bertz CT molecular complexity index is 455. The van der Waals surface area contributed by atoms with Crippen LogP contribution in [0.2, 0.25) is 0 Å². The number of carbonyl (C=O) groups excluding carboxylic acids is 2. The predicted molar refractivity (Wildman–Crippen MR) is 77.0 cm³/mol. The van der Waals surface area contributed by atoms with Gasteiger partial charge in [0, 0.05) is 0 Å². The minimum atomic E-state index is -0.222. The molecular weight excluding hydrogens is 238 g/mol. The van der Waals surface area contributed by atoms with Crippen LogP contribution in [0, 0.1) is 0 Å². The van der Waals surface area contributed by atoms with E-state index in [-0.39, 0.29) is 29.6 Å². The largest absolute Gasteiger partial charge is 0.349 e. The van der Waals surface area contributed by atoms with E-state index >= 15 is 0 Å². The van der Waals surface area contributed by atoms with Crippen molar-refractivity contribution in [3.8, 4) is 0 Å². The predicted octanol–water partition coefficient (Wildman–Crippen LogP) is 3.14. The zero-order valence-corrected chi connectivity index (χ0v) is 12.4. The van der Waals surface area contributed by atoms with Crippen LogP contribution in [0.1, 0.15) is 58.2 Å². The fraction of sp³-hybridized carbons (Fsp3) is 0.500. The maximum absolute atomic E-state index is 11.5. The van der Waals surface area contributed by atoms with Gasteiger partial charge in [-0.3, -0.25) is 9.59 Å². The molecule has 1 aromatic carbocycles. The van der Waals surface area contributed by atoms with Crippen LogP contribution >= 0.6 is 0 Å². The summed E-state index contributed by atoms with van der Waals surface area (Å²) in [4.78, 5) is 22.4. The Balaban J connectivity index is 2.70. The number of Topliss-reactive ketones (excluding diaryl/α,β-unsaturated/α-hetero) is 1. The number of carbonyl (C=O) groups is 2. The van der Waals surface area contributed by atoms with Gasteiger partial charge in [0.15, 0.2) is 0 Å². The van der Waals surface area contributed by atoms with Gasteiger partial charge >= 0.3 is 0 Å². The molecule has 19 heavy (non-hydrogen) atoms. The molecule has 1 rings (SSSR count). The Kier molecular flexibility index (Phi) is 4.87. The summed E-state index contributed by atoms with van der Waals surface area (Å²) in [6.07, 6.45) is -0.0512. The van der Waals surface area contributed by atoms with Crippen LogP contribution in [0.25, 0.3) is 0 Å². The first kappa shape index (κ1) is 15.4. The molecule has 0 aliphatic carbocycles. The molecule has 1 N–H and O–H groups in total. The fourth-order valence-electron chi connectivity index (χ4n) is 1.87. The first-order valence-electron chi connectivity index (χ1n) is 6.59. The molecule has 3 heteroatoms. The molecule has 0 aromatic heterocycles. The van der Waals surface area contributed by atoms with Crippen molar-refractivity contribution in [1.29, 1.82) is 0 Å². The third-order valence-corrected chi connectivity index (χ3v) is 3.06. The third-order valence-electron chi connectivity index (χ3n) is 3.06. The Labute approximate surface area is 115 Å². The highest BCUT2D eigenvalue weighted by molar-refractivity contribution is 5.96. The fourth-order valence-corrected chi connectivity index (χ4v) is 1.87. The minimum Gasteiger partial charge on any atom is -0.349 e. The molecule has 104 valence electrons. The molecule has 1 aromatic rings. The van der Waals surface area contributed by atoms with Crippen LogP contribution in [-0.4, -0.2) is 11.7 Å². The summed E-state index contributed by atoms with van der Waals surface area (Å²) < 4.78 is 0. The molecule has 1 atom stereocenters. The lowest BCUT2D eigenvalue weighted by Gasteiger charge is -2.20. The van der Waals surface area contributed by atoms with E-state index < -0.39 is 0 Å². The smallest absolute Gasteiger partial charge is 0.227 e. The van der Waals surface area contributed by atoms with Crippen LogP contribution < -0.4 is 5.32 Å². The topological polar surface area (TPSA) is 46.2 Å². The second kappa shape index (κ2) is 6.00. The van der Waals surface area contributed by atoms with Gasteiger partial charge in [-0.2, -0.15) is 0 Å². The lowest BCUT2D eigenvalue weighted by molar-refractivity contribution is -0.127. The van der Waals surface area contributed by atoms with Crippen molar-refractivity contribution < 1.29 is 9.59 Å². The lowest BCUT2D eigenvalue weighted by Crippen LogP contribution is -2.28. The van der Waals surface area contributed by atoms with Gasteiger partial charge in [0.05, 0.1) is 12.5 Å². The third kappa shape index (κ3) is 4.86. The molecule has 0 aliphatic heterocycles. The second-order valence-electron chi connectivity index (χ2n) is 6.04. The number of hydrogen-bond acceptors (Lipinski definition) is 2. The summed E-state index contributed by atoms with van der Waals surface area (Å²) in [6, 6.07) is 8.14. The average Bonchev–Trinajstić information content (AvgIpc) is 2.26. The van der Waals surface area contributed by atoms with Gasteiger partial charge in [-0.15, -0.1) is 0 Å². The van der Waals surface area contributed by atoms with Crippen molar-refractivity contribution in [2.75, 3.05) is 0 Å². The minimum absolute atomic E-state index is 0.0512. The Morgan fingerprint density at radius 2 is 1.68 bits per heavy atom. The monoisotopic (exact) mass is 261 g/mol.